The van der Waals surface area contributed by atoms with E-state index < -0.39 is 0 Å². The molecular weight excluding hydrogens is 308 g/mol. The fourth-order valence-electron chi connectivity index (χ4n) is 2.82. The van der Waals surface area contributed by atoms with E-state index >= 15 is 0 Å². The van der Waals surface area contributed by atoms with Gasteiger partial charge >= 0.3 is 0 Å². The molecule has 5 N–H and O–H groups in total. The van der Waals surface area contributed by atoms with Gasteiger partial charge < -0.3 is 26.1 Å². The molecule has 0 aromatic carbocycles. The molecule has 1 fully saturated rings. The number of aromatic amines is 1. The molecule has 0 atom stereocenters. The molecule has 124 valence electrons. The molecule has 0 radical (unpaired) electrons. The zero-order valence-electron chi connectivity index (χ0n) is 13.3. The number of hydrogen-bond acceptors (Lipinski definition) is 8. The first-order valence-corrected chi connectivity index (χ1v) is 7.70. The number of imidazole rings is 1. The van der Waals surface area contributed by atoms with E-state index in [1.165, 1.54) is 0 Å². The summed E-state index contributed by atoms with van der Waals surface area (Å²) in [6.07, 6.45) is 1.81. The van der Waals surface area contributed by atoms with Gasteiger partial charge in [0, 0.05) is 24.8 Å². The number of fused-ring (bicyclic) bond motifs is 1. The zero-order chi connectivity index (χ0) is 16.7. The van der Waals surface area contributed by atoms with Crippen molar-refractivity contribution in [3.8, 4) is 11.4 Å². The molecule has 0 bridgehead atoms. The lowest BCUT2D eigenvalue weighted by molar-refractivity contribution is 0.122. The van der Waals surface area contributed by atoms with E-state index in [4.69, 9.17) is 16.2 Å². The molecule has 0 spiro atoms. The topological polar surface area (TPSA) is 132 Å². The van der Waals surface area contributed by atoms with E-state index in [1.807, 2.05) is 13.1 Å². The molecule has 9 heteroatoms. The van der Waals surface area contributed by atoms with Crippen LogP contribution in [0.1, 0.15) is 5.56 Å². The van der Waals surface area contributed by atoms with Gasteiger partial charge in [-0.25, -0.2) is 9.97 Å². The van der Waals surface area contributed by atoms with Crippen LogP contribution in [0, 0.1) is 6.92 Å². The minimum atomic E-state index is 0.107. The number of ether oxygens (including phenoxy) is 1. The Morgan fingerprint density at radius 3 is 2.71 bits per heavy atom. The second-order valence-electron chi connectivity index (χ2n) is 5.71. The zero-order valence-corrected chi connectivity index (χ0v) is 13.3. The fraction of sp³-hybridized carbons (Fsp3) is 0.333. The fourth-order valence-corrected chi connectivity index (χ4v) is 2.82. The maximum Gasteiger partial charge on any atom is 0.224 e. The highest BCUT2D eigenvalue weighted by molar-refractivity contribution is 5.85. The monoisotopic (exact) mass is 326 g/mol. The highest BCUT2D eigenvalue weighted by Crippen LogP contribution is 2.27. The van der Waals surface area contributed by atoms with Gasteiger partial charge in [0.2, 0.25) is 5.95 Å². The van der Waals surface area contributed by atoms with Crippen molar-refractivity contribution in [1.82, 2.24) is 24.9 Å². The minimum absolute atomic E-state index is 0.107. The molecule has 4 rings (SSSR count). The number of aromatic nitrogens is 5. The summed E-state index contributed by atoms with van der Waals surface area (Å²) >= 11 is 0. The highest BCUT2D eigenvalue weighted by Gasteiger charge is 2.16. The summed E-state index contributed by atoms with van der Waals surface area (Å²) in [4.78, 5) is 22.5. The number of nitrogens with two attached hydrogens (primary N) is 2. The number of aryl methyl sites for hydroxylation is 1. The number of nitrogens with one attached hydrogen (secondary N) is 1. The minimum Gasteiger partial charge on any atom is -0.382 e. The van der Waals surface area contributed by atoms with Crippen LogP contribution in [0.15, 0.2) is 12.3 Å². The van der Waals surface area contributed by atoms with Crippen LogP contribution in [0.5, 0.6) is 0 Å². The third-order valence-corrected chi connectivity index (χ3v) is 4.08. The van der Waals surface area contributed by atoms with Crippen LogP contribution in [-0.2, 0) is 4.74 Å². The predicted molar refractivity (Wildman–Crippen MR) is 91.5 cm³/mol. The summed E-state index contributed by atoms with van der Waals surface area (Å²) in [5, 5.41) is 0. The van der Waals surface area contributed by atoms with Crippen molar-refractivity contribution in [1.29, 1.82) is 0 Å². The van der Waals surface area contributed by atoms with Crippen molar-refractivity contribution in [3.63, 3.8) is 0 Å². The van der Waals surface area contributed by atoms with Crippen LogP contribution in [0.3, 0.4) is 0 Å². The smallest absolute Gasteiger partial charge is 0.224 e. The Hall–Kier alpha value is -2.94. The van der Waals surface area contributed by atoms with E-state index in [0.717, 1.165) is 43.2 Å². The van der Waals surface area contributed by atoms with E-state index in [9.17, 15) is 0 Å². The van der Waals surface area contributed by atoms with Gasteiger partial charge in [-0.2, -0.15) is 9.97 Å². The van der Waals surface area contributed by atoms with Gasteiger partial charge in [0.05, 0.1) is 13.2 Å². The van der Waals surface area contributed by atoms with Crippen LogP contribution < -0.4 is 16.4 Å². The average molecular weight is 326 g/mol. The van der Waals surface area contributed by atoms with Crippen molar-refractivity contribution >= 4 is 28.7 Å². The summed E-state index contributed by atoms with van der Waals surface area (Å²) in [7, 11) is 0. The van der Waals surface area contributed by atoms with Crippen molar-refractivity contribution in [3.05, 3.63) is 17.8 Å². The van der Waals surface area contributed by atoms with E-state index in [1.54, 1.807) is 0 Å². The van der Waals surface area contributed by atoms with Gasteiger partial charge in [-0.1, -0.05) is 0 Å². The molecule has 0 amide bonds. The number of morpholine rings is 1. The lowest BCUT2D eigenvalue weighted by atomic mass is 10.1. The van der Waals surface area contributed by atoms with Gasteiger partial charge in [0.1, 0.15) is 17.2 Å². The Morgan fingerprint density at radius 2 is 1.96 bits per heavy atom. The SMILES string of the molecule is Cc1cc(N2CCOCC2)ncc1-c1nc2nc(N)nc(N)c2[nH]1. The lowest BCUT2D eigenvalue weighted by Gasteiger charge is -2.28. The van der Waals surface area contributed by atoms with Crippen molar-refractivity contribution < 1.29 is 4.74 Å². The van der Waals surface area contributed by atoms with Crippen LogP contribution in [0.4, 0.5) is 17.6 Å². The second-order valence-corrected chi connectivity index (χ2v) is 5.71. The molecule has 0 saturated carbocycles. The quantitative estimate of drug-likeness (QED) is 0.628. The van der Waals surface area contributed by atoms with Gasteiger partial charge in [-0.05, 0) is 18.6 Å². The third kappa shape index (κ3) is 2.48. The molecule has 1 aliphatic heterocycles. The van der Waals surface area contributed by atoms with Crippen molar-refractivity contribution in [2.45, 2.75) is 6.92 Å². The summed E-state index contributed by atoms with van der Waals surface area (Å²) in [6, 6.07) is 2.05. The van der Waals surface area contributed by atoms with Crippen LogP contribution in [-0.4, -0.2) is 51.2 Å². The standard InChI is InChI=1S/C15H18N8O/c1-8-6-10(23-2-4-24-5-3-23)18-7-9(8)13-19-11-12(16)20-15(17)22-14(11)21-13/h6-7H,2-5H2,1H3,(H5,16,17,19,20,21,22). The largest absolute Gasteiger partial charge is 0.382 e. The Kier molecular flexibility index (Phi) is 3.42. The molecule has 3 aromatic heterocycles. The number of H-pyrrole nitrogens is 1. The van der Waals surface area contributed by atoms with E-state index in [-0.39, 0.29) is 11.8 Å². The van der Waals surface area contributed by atoms with Gasteiger partial charge in [0.15, 0.2) is 11.5 Å². The first kappa shape index (κ1) is 14.6. The van der Waals surface area contributed by atoms with E-state index in [0.29, 0.717) is 17.0 Å². The predicted octanol–water partition coefficient (Wildman–Crippen LogP) is 0.724. The van der Waals surface area contributed by atoms with Gasteiger partial charge in [-0.15, -0.1) is 0 Å². The van der Waals surface area contributed by atoms with Crippen LogP contribution in [0.2, 0.25) is 0 Å². The van der Waals surface area contributed by atoms with Gasteiger partial charge in [-0.3, -0.25) is 0 Å². The number of pyridine rings is 1. The maximum atomic E-state index is 5.87. The van der Waals surface area contributed by atoms with Crippen LogP contribution >= 0.6 is 0 Å². The summed E-state index contributed by atoms with van der Waals surface area (Å²) < 4.78 is 5.38. The number of hydrogen-bond donors (Lipinski definition) is 3. The summed E-state index contributed by atoms with van der Waals surface area (Å²) in [5.74, 6) is 1.98. The molecule has 1 saturated heterocycles. The number of rotatable bonds is 2. The number of anilines is 3. The Labute approximate surface area is 138 Å². The molecule has 4 heterocycles. The Bertz CT molecular complexity index is 900. The van der Waals surface area contributed by atoms with Crippen molar-refractivity contribution in [2.24, 2.45) is 0 Å². The molecule has 3 aromatic rings. The average Bonchev–Trinajstić information content (AvgIpc) is 2.99. The number of nitrogen functional groups attached to an aromatic ring is 2. The lowest BCUT2D eigenvalue weighted by Crippen LogP contribution is -2.36. The molecule has 1 aliphatic rings. The maximum absolute atomic E-state index is 5.87. The van der Waals surface area contributed by atoms with Gasteiger partial charge in [0.25, 0.3) is 0 Å². The summed E-state index contributed by atoms with van der Waals surface area (Å²) in [6.45, 7) is 5.18. The van der Waals surface area contributed by atoms with Crippen LogP contribution in [0.25, 0.3) is 22.6 Å². The molecule has 0 unspecified atom stereocenters. The Morgan fingerprint density at radius 1 is 1.17 bits per heavy atom. The van der Waals surface area contributed by atoms with E-state index in [2.05, 4.69) is 35.9 Å². The molecule has 9 nitrogen and oxygen atoms in total. The first-order valence-electron chi connectivity index (χ1n) is 7.70. The Balaban J connectivity index is 1.72. The normalized spacial score (nSPS) is 15.1. The molecular formula is C15H18N8O. The third-order valence-electron chi connectivity index (χ3n) is 4.08. The molecule has 24 heavy (non-hydrogen) atoms. The number of nitrogens with zero attached hydrogens (tertiary/aromatic N) is 5. The second kappa shape index (κ2) is 5.60. The highest BCUT2D eigenvalue weighted by atomic mass is 16.5. The first-order chi connectivity index (χ1) is 11.6. The molecule has 0 aliphatic carbocycles. The summed E-state index contributed by atoms with van der Waals surface area (Å²) in [5.41, 5.74) is 14.5. The van der Waals surface area contributed by atoms with Crippen molar-refractivity contribution in [2.75, 3.05) is 42.7 Å².